The average Bonchev–Trinajstić information content (AvgIpc) is 3.85. The largest absolute Gasteiger partial charge is 0.505 e. The first-order valence-electron chi connectivity index (χ1n) is 22.7. The molecule has 0 spiro atoms. The standard InChI is InChI=1S/C58H48F2N2O4.2CH3.Hf/c1-35-27-47(57(63)53(29-35)61-49-19-9-5-15-41(49)42-16-6-10-20-50(42)61)45-31-39(59)23-25-55(45)65-33-37-13-3-4-14-38(37)34-66-56-26-24-40(60)32-46(56)48-28-36(2)30-54(58(48)64)62-51-21-11-7-17-43(51)44-18-8-12-22-52(44)62;;;/h5-12,15-32,37-38,63-64H,3-4,13-14,33-34H2,1-2H3;2*1H3;/q;2*-1;. The summed E-state index contributed by atoms with van der Waals surface area (Å²) in [5, 5.41) is 28.6. The summed E-state index contributed by atoms with van der Waals surface area (Å²) >= 11 is 0. The van der Waals surface area contributed by atoms with Crippen LogP contribution in [0.2, 0.25) is 0 Å². The Labute approximate surface area is 421 Å². The van der Waals surface area contributed by atoms with E-state index in [0.29, 0.717) is 58.3 Å². The fourth-order valence-electron chi connectivity index (χ4n) is 10.4. The summed E-state index contributed by atoms with van der Waals surface area (Å²) in [6.07, 6.45) is 3.89. The number of nitrogens with zero attached hydrogens (tertiary/aromatic N) is 2. The zero-order valence-corrected chi connectivity index (χ0v) is 42.9. The molecule has 9 heteroatoms. The molecule has 348 valence electrons. The molecule has 2 aromatic heterocycles. The second-order valence-corrected chi connectivity index (χ2v) is 17.8. The van der Waals surface area contributed by atoms with Gasteiger partial charge in [-0.3, -0.25) is 0 Å². The van der Waals surface area contributed by atoms with Crippen molar-refractivity contribution in [3.63, 3.8) is 0 Å². The third kappa shape index (κ3) is 8.82. The summed E-state index contributed by atoms with van der Waals surface area (Å²) in [6, 6.07) is 49.2. The van der Waals surface area contributed by atoms with Gasteiger partial charge in [0.2, 0.25) is 0 Å². The Morgan fingerprint density at radius 3 is 1.14 bits per heavy atom. The van der Waals surface area contributed by atoms with Crippen LogP contribution in [0.4, 0.5) is 8.78 Å². The molecule has 10 aromatic rings. The van der Waals surface area contributed by atoms with Crippen LogP contribution < -0.4 is 9.47 Å². The van der Waals surface area contributed by atoms with Crippen molar-refractivity contribution in [2.45, 2.75) is 39.5 Å². The van der Waals surface area contributed by atoms with E-state index in [4.69, 9.17) is 9.47 Å². The van der Waals surface area contributed by atoms with Crippen LogP contribution >= 0.6 is 0 Å². The Morgan fingerprint density at radius 1 is 0.464 bits per heavy atom. The zero-order valence-electron chi connectivity index (χ0n) is 39.3. The number of aryl methyl sites for hydroxylation is 2. The molecule has 6 nitrogen and oxygen atoms in total. The van der Waals surface area contributed by atoms with E-state index in [0.717, 1.165) is 80.4 Å². The first-order valence-corrected chi connectivity index (χ1v) is 22.7. The molecule has 0 aliphatic heterocycles. The predicted octanol–water partition coefficient (Wildman–Crippen LogP) is 15.7. The average molecular weight is 1080 g/mol. The van der Waals surface area contributed by atoms with E-state index in [1.807, 2.05) is 111 Å². The van der Waals surface area contributed by atoms with Gasteiger partial charge in [0.05, 0.1) is 46.7 Å². The smallest absolute Gasteiger partial charge is 0.147 e. The maximum atomic E-state index is 15.2. The second kappa shape index (κ2) is 20.1. The number of halogens is 2. The van der Waals surface area contributed by atoms with Gasteiger partial charge in [0.25, 0.3) is 0 Å². The van der Waals surface area contributed by atoms with Crippen molar-refractivity contribution in [2.75, 3.05) is 13.2 Å². The van der Waals surface area contributed by atoms with E-state index < -0.39 is 11.6 Å². The van der Waals surface area contributed by atoms with Crippen molar-refractivity contribution in [1.82, 2.24) is 9.13 Å². The first kappa shape index (κ1) is 48.7. The van der Waals surface area contributed by atoms with Crippen LogP contribution in [0.15, 0.2) is 158 Å². The maximum Gasteiger partial charge on any atom is 0.147 e. The summed E-state index contributed by atoms with van der Waals surface area (Å²) in [6.45, 7) is 4.67. The van der Waals surface area contributed by atoms with Gasteiger partial charge >= 0.3 is 0 Å². The van der Waals surface area contributed by atoms with Crippen molar-refractivity contribution in [3.05, 3.63) is 195 Å². The molecule has 1 aliphatic rings. The fourth-order valence-corrected chi connectivity index (χ4v) is 10.4. The van der Waals surface area contributed by atoms with Gasteiger partial charge in [-0.2, -0.15) is 0 Å². The number of benzene rings is 8. The number of aromatic hydroxyl groups is 2. The molecule has 11 rings (SSSR count). The Bertz CT molecular complexity index is 3170. The van der Waals surface area contributed by atoms with Crippen LogP contribution in [-0.2, 0) is 25.8 Å². The molecule has 0 bridgehead atoms. The van der Waals surface area contributed by atoms with Gasteiger partial charge in [0, 0.05) is 69.6 Å². The fraction of sp³-hybridized carbons (Fsp3) is 0.167. The first-order chi connectivity index (χ1) is 32.2. The minimum atomic E-state index is -0.433. The summed E-state index contributed by atoms with van der Waals surface area (Å²) in [4.78, 5) is 0. The molecule has 1 fully saturated rings. The van der Waals surface area contributed by atoms with Crippen molar-refractivity contribution >= 4 is 43.6 Å². The monoisotopic (exact) mass is 1080 g/mol. The Hall–Kier alpha value is -6.71. The molecule has 1 aliphatic carbocycles. The Kier molecular flexibility index (Phi) is 14.2. The topological polar surface area (TPSA) is 68.8 Å². The molecule has 0 radical (unpaired) electrons. The minimum Gasteiger partial charge on any atom is -0.505 e. The van der Waals surface area contributed by atoms with Gasteiger partial charge in [-0.25, -0.2) is 8.78 Å². The molecule has 1 saturated carbocycles. The van der Waals surface area contributed by atoms with Gasteiger partial charge in [-0.1, -0.05) is 85.6 Å². The number of aromatic nitrogens is 2. The number of ether oxygens (including phenoxy) is 2. The van der Waals surface area contributed by atoms with Crippen molar-refractivity contribution < 1.29 is 54.3 Å². The normalized spacial score (nSPS) is 14.6. The van der Waals surface area contributed by atoms with Crippen molar-refractivity contribution in [2.24, 2.45) is 11.8 Å². The van der Waals surface area contributed by atoms with E-state index >= 15 is 8.78 Å². The Balaban J connectivity index is 0.00000214. The van der Waals surface area contributed by atoms with Crippen molar-refractivity contribution in [3.8, 4) is 56.6 Å². The predicted molar refractivity (Wildman–Crippen MR) is 274 cm³/mol. The van der Waals surface area contributed by atoms with Crippen LogP contribution in [-0.4, -0.2) is 32.6 Å². The Morgan fingerprint density at radius 2 is 0.797 bits per heavy atom. The number of phenolic OH excluding ortho intramolecular Hbond substituents is 2. The molecule has 2 N–H and O–H groups in total. The second-order valence-electron chi connectivity index (χ2n) is 17.8. The summed E-state index contributed by atoms with van der Waals surface area (Å²) in [7, 11) is 0. The van der Waals surface area contributed by atoms with E-state index in [1.54, 1.807) is 12.1 Å². The molecule has 2 heterocycles. The van der Waals surface area contributed by atoms with Crippen LogP contribution in [0.25, 0.3) is 77.2 Å². The van der Waals surface area contributed by atoms with Crippen LogP contribution in [0.5, 0.6) is 23.0 Å². The molecule has 2 unspecified atom stereocenters. The molecular weight excluding hydrogens is 1030 g/mol. The number of fused-ring (bicyclic) bond motifs is 6. The van der Waals surface area contributed by atoms with E-state index in [1.165, 1.54) is 24.3 Å². The van der Waals surface area contributed by atoms with E-state index in [2.05, 4.69) is 33.4 Å². The van der Waals surface area contributed by atoms with Gasteiger partial charge in [-0.15, -0.1) is 0 Å². The van der Waals surface area contributed by atoms with Crippen molar-refractivity contribution in [1.29, 1.82) is 0 Å². The zero-order chi connectivity index (χ0) is 45.1. The molecule has 0 amide bonds. The van der Waals surface area contributed by atoms with Crippen LogP contribution in [0.3, 0.4) is 0 Å². The third-order valence-corrected chi connectivity index (χ3v) is 13.5. The minimum absolute atomic E-state index is 0. The number of rotatable bonds is 10. The molecule has 8 aromatic carbocycles. The van der Waals surface area contributed by atoms with Gasteiger partial charge in [0.1, 0.15) is 34.6 Å². The molecule has 0 saturated heterocycles. The SMILES string of the molecule is Cc1cc(-c2cc(F)ccc2OCC2CCCCC2COc2ccc(F)cc2-c2cc(C)cc(-n3c4ccccc4c4ccccc43)c2O)c(O)c(-n2c3ccccc3c3ccccc32)c1.[CH3-].[CH3-].[Hf]. The summed E-state index contributed by atoms with van der Waals surface area (Å²) < 4.78 is 47.9. The van der Waals surface area contributed by atoms with Gasteiger partial charge < -0.3 is 43.7 Å². The van der Waals surface area contributed by atoms with Crippen LogP contribution in [0, 0.1) is 52.2 Å². The van der Waals surface area contributed by atoms with Gasteiger partial charge in [-0.05, 0) is 135 Å². The number of phenols is 2. The summed E-state index contributed by atoms with van der Waals surface area (Å²) in [5.41, 5.74) is 8.74. The molecule has 2 atom stereocenters. The molecular formula is C60H54F2HfN2O4-2. The van der Waals surface area contributed by atoms with E-state index in [9.17, 15) is 10.2 Å². The summed E-state index contributed by atoms with van der Waals surface area (Å²) in [5.74, 6) is 0.362. The maximum absolute atomic E-state index is 15.2. The molecule has 69 heavy (non-hydrogen) atoms. The van der Waals surface area contributed by atoms with Gasteiger partial charge in [0.15, 0.2) is 0 Å². The third-order valence-electron chi connectivity index (χ3n) is 13.5. The number of para-hydroxylation sites is 4. The quantitative estimate of drug-likeness (QED) is 0.106. The number of hydrogen-bond acceptors (Lipinski definition) is 4. The van der Waals surface area contributed by atoms with E-state index in [-0.39, 0.29) is 64.0 Å². The van der Waals surface area contributed by atoms with Crippen LogP contribution in [0.1, 0.15) is 36.8 Å². The number of hydrogen-bond donors (Lipinski definition) is 2.